The molecule has 0 spiro atoms. The van der Waals surface area contributed by atoms with E-state index in [1.54, 1.807) is 0 Å². The zero-order valence-electron chi connectivity index (χ0n) is 14.5. The molecular weight excluding hydrogens is 326 g/mol. The van der Waals surface area contributed by atoms with Crippen LogP contribution in [0.3, 0.4) is 0 Å². The summed E-state index contributed by atoms with van der Waals surface area (Å²) in [7, 11) is 0. The van der Waals surface area contributed by atoms with Gasteiger partial charge in [-0.1, -0.05) is 32.9 Å². The average Bonchev–Trinajstić information content (AvgIpc) is 2.53. The smallest absolute Gasteiger partial charge is 0.319 e. The molecule has 134 valence electrons. The number of nitrogens with one attached hydrogen (secondary N) is 2. The lowest BCUT2D eigenvalue weighted by Gasteiger charge is -2.19. The van der Waals surface area contributed by atoms with Crippen LogP contribution in [0.5, 0.6) is 5.75 Å². The van der Waals surface area contributed by atoms with Crippen LogP contribution in [0.1, 0.15) is 26.3 Å². The second kappa shape index (κ2) is 7.96. The van der Waals surface area contributed by atoms with Crippen molar-refractivity contribution in [3.05, 3.63) is 59.7 Å². The SMILES string of the molecule is CC(C)(C)c1ccc(NC(=O)NCCOc2ccc(F)cc2F)cc1. The van der Waals surface area contributed by atoms with Crippen LogP contribution in [-0.4, -0.2) is 19.2 Å². The summed E-state index contributed by atoms with van der Waals surface area (Å²) >= 11 is 0. The van der Waals surface area contributed by atoms with Crippen molar-refractivity contribution >= 4 is 11.7 Å². The first-order valence-electron chi connectivity index (χ1n) is 7.99. The molecule has 0 heterocycles. The normalized spacial score (nSPS) is 11.1. The Kier molecular flexibility index (Phi) is 5.96. The van der Waals surface area contributed by atoms with Crippen LogP contribution in [-0.2, 0) is 5.41 Å². The summed E-state index contributed by atoms with van der Waals surface area (Å²) in [6, 6.07) is 10.3. The molecule has 0 aliphatic rings. The minimum absolute atomic E-state index is 0.0494. The van der Waals surface area contributed by atoms with Gasteiger partial charge in [-0.25, -0.2) is 13.6 Å². The van der Waals surface area contributed by atoms with E-state index in [4.69, 9.17) is 4.74 Å². The Morgan fingerprint density at radius 1 is 1.08 bits per heavy atom. The molecule has 0 atom stereocenters. The second-order valence-electron chi connectivity index (χ2n) is 6.63. The van der Waals surface area contributed by atoms with Crippen LogP contribution in [0, 0.1) is 11.6 Å². The van der Waals surface area contributed by atoms with Gasteiger partial charge in [0.05, 0.1) is 6.54 Å². The van der Waals surface area contributed by atoms with Gasteiger partial charge < -0.3 is 15.4 Å². The predicted octanol–water partition coefficient (Wildman–Crippen LogP) is 4.46. The molecule has 0 bridgehead atoms. The van der Waals surface area contributed by atoms with Gasteiger partial charge in [0.1, 0.15) is 12.4 Å². The fourth-order valence-corrected chi connectivity index (χ4v) is 2.15. The summed E-state index contributed by atoms with van der Waals surface area (Å²) in [4.78, 5) is 11.8. The molecule has 0 aliphatic carbocycles. The third-order valence-electron chi connectivity index (χ3n) is 3.55. The van der Waals surface area contributed by atoms with E-state index in [0.717, 1.165) is 12.1 Å². The van der Waals surface area contributed by atoms with Crippen LogP contribution in [0.4, 0.5) is 19.3 Å². The zero-order valence-corrected chi connectivity index (χ0v) is 14.5. The molecule has 4 nitrogen and oxygen atoms in total. The number of rotatable bonds is 5. The summed E-state index contributed by atoms with van der Waals surface area (Å²) in [5.74, 6) is -1.50. The highest BCUT2D eigenvalue weighted by Crippen LogP contribution is 2.23. The molecule has 2 aromatic rings. The Bertz CT molecular complexity index is 725. The van der Waals surface area contributed by atoms with Crippen molar-refractivity contribution in [1.82, 2.24) is 5.32 Å². The summed E-state index contributed by atoms with van der Waals surface area (Å²) in [5.41, 5.74) is 1.90. The molecule has 25 heavy (non-hydrogen) atoms. The monoisotopic (exact) mass is 348 g/mol. The number of halogens is 2. The molecule has 0 radical (unpaired) electrons. The average molecular weight is 348 g/mol. The Hall–Kier alpha value is -2.63. The van der Waals surface area contributed by atoms with Gasteiger partial charge in [-0.2, -0.15) is 0 Å². The molecule has 2 amide bonds. The highest BCUT2D eigenvalue weighted by Gasteiger charge is 2.13. The van der Waals surface area contributed by atoms with Crippen molar-refractivity contribution < 1.29 is 18.3 Å². The second-order valence-corrected chi connectivity index (χ2v) is 6.63. The first-order chi connectivity index (χ1) is 11.8. The molecule has 0 aliphatic heterocycles. The number of hydrogen-bond acceptors (Lipinski definition) is 2. The van der Waals surface area contributed by atoms with Crippen LogP contribution < -0.4 is 15.4 Å². The van der Waals surface area contributed by atoms with E-state index >= 15 is 0 Å². The van der Waals surface area contributed by atoms with Crippen LogP contribution >= 0.6 is 0 Å². The molecule has 0 fully saturated rings. The van der Waals surface area contributed by atoms with Crippen molar-refractivity contribution in [1.29, 1.82) is 0 Å². The summed E-state index contributed by atoms with van der Waals surface area (Å²) in [6.07, 6.45) is 0. The lowest BCUT2D eigenvalue weighted by molar-refractivity contribution is 0.246. The topological polar surface area (TPSA) is 50.4 Å². The van der Waals surface area contributed by atoms with Gasteiger partial charge in [0, 0.05) is 11.8 Å². The quantitative estimate of drug-likeness (QED) is 0.784. The Morgan fingerprint density at radius 2 is 1.76 bits per heavy atom. The van der Waals surface area contributed by atoms with Gasteiger partial charge >= 0.3 is 6.03 Å². The van der Waals surface area contributed by atoms with Crippen LogP contribution in [0.15, 0.2) is 42.5 Å². The van der Waals surface area contributed by atoms with Gasteiger partial charge in [0.15, 0.2) is 11.6 Å². The first kappa shape index (κ1) is 18.7. The number of hydrogen-bond donors (Lipinski definition) is 2. The van der Waals surface area contributed by atoms with Gasteiger partial charge in [-0.3, -0.25) is 0 Å². The fourth-order valence-electron chi connectivity index (χ4n) is 2.15. The maximum absolute atomic E-state index is 13.4. The number of carbonyl (C=O) groups is 1. The highest BCUT2D eigenvalue weighted by molar-refractivity contribution is 5.89. The highest BCUT2D eigenvalue weighted by atomic mass is 19.1. The van der Waals surface area contributed by atoms with E-state index < -0.39 is 11.6 Å². The van der Waals surface area contributed by atoms with Gasteiger partial charge in [-0.15, -0.1) is 0 Å². The number of amides is 2. The molecular formula is C19H22F2N2O2. The maximum atomic E-state index is 13.4. The van der Waals surface area contributed by atoms with E-state index in [1.165, 1.54) is 11.6 Å². The number of urea groups is 1. The molecule has 0 unspecified atom stereocenters. The molecule has 2 rings (SSSR count). The van der Waals surface area contributed by atoms with Crippen LogP contribution in [0.25, 0.3) is 0 Å². The van der Waals surface area contributed by atoms with Gasteiger partial charge in [0.25, 0.3) is 0 Å². The third kappa shape index (κ3) is 5.74. The first-order valence-corrected chi connectivity index (χ1v) is 7.99. The fraction of sp³-hybridized carbons (Fsp3) is 0.316. The molecule has 0 saturated carbocycles. The number of benzene rings is 2. The lowest BCUT2D eigenvalue weighted by atomic mass is 9.87. The van der Waals surface area contributed by atoms with Crippen LogP contribution in [0.2, 0.25) is 0 Å². The third-order valence-corrected chi connectivity index (χ3v) is 3.55. The van der Waals surface area contributed by atoms with E-state index in [2.05, 4.69) is 31.4 Å². The summed E-state index contributed by atoms with van der Waals surface area (Å²) < 4.78 is 31.3. The van der Waals surface area contributed by atoms with Crippen molar-refractivity contribution in [2.45, 2.75) is 26.2 Å². The van der Waals surface area contributed by atoms with E-state index in [0.29, 0.717) is 5.69 Å². The Morgan fingerprint density at radius 3 is 2.36 bits per heavy atom. The minimum atomic E-state index is -0.775. The summed E-state index contributed by atoms with van der Waals surface area (Å²) in [6.45, 7) is 6.60. The van der Waals surface area contributed by atoms with Crippen molar-refractivity contribution in [3.8, 4) is 5.75 Å². The van der Waals surface area contributed by atoms with E-state index in [9.17, 15) is 13.6 Å². The lowest BCUT2D eigenvalue weighted by Crippen LogP contribution is -2.32. The van der Waals surface area contributed by atoms with E-state index in [1.807, 2.05) is 24.3 Å². The summed E-state index contributed by atoms with van der Waals surface area (Å²) in [5, 5.41) is 5.31. The number of ether oxygens (including phenoxy) is 1. The number of carbonyl (C=O) groups excluding carboxylic acids is 1. The van der Waals surface area contributed by atoms with Crippen molar-refractivity contribution in [3.63, 3.8) is 0 Å². The molecule has 0 aromatic heterocycles. The molecule has 2 aromatic carbocycles. The van der Waals surface area contributed by atoms with Gasteiger partial charge in [0.2, 0.25) is 0 Å². The Labute approximate surface area is 146 Å². The standard InChI is InChI=1S/C19H22F2N2O2/c1-19(2,3)13-4-7-15(8-5-13)23-18(24)22-10-11-25-17-9-6-14(20)12-16(17)21/h4-9,12H,10-11H2,1-3H3,(H2,22,23,24). The van der Waals surface area contributed by atoms with E-state index in [-0.39, 0.29) is 30.3 Å². The van der Waals surface area contributed by atoms with Gasteiger partial charge in [-0.05, 0) is 35.2 Å². The molecule has 6 heteroatoms. The predicted molar refractivity (Wildman–Crippen MR) is 94.0 cm³/mol. The largest absolute Gasteiger partial charge is 0.489 e. The zero-order chi connectivity index (χ0) is 18.4. The number of anilines is 1. The van der Waals surface area contributed by atoms with Crippen molar-refractivity contribution in [2.24, 2.45) is 0 Å². The Balaban J connectivity index is 1.75. The minimum Gasteiger partial charge on any atom is -0.489 e. The molecule has 2 N–H and O–H groups in total. The van der Waals surface area contributed by atoms with Crippen molar-refractivity contribution in [2.75, 3.05) is 18.5 Å². The maximum Gasteiger partial charge on any atom is 0.319 e. The molecule has 0 saturated heterocycles.